The molecule has 0 radical (unpaired) electrons. The number of nitrogens with one attached hydrogen (secondary N) is 2. The Morgan fingerprint density at radius 2 is 1.42 bits per heavy atom. The number of hydrogen-bond donors (Lipinski definition) is 3. The van der Waals surface area contributed by atoms with Gasteiger partial charge in [0, 0.05) is 29.8 Å². The lowest BCUT2D eigenvalue weighted by atomic mass is 10.0. The maximum absolute atomic E-state index is 12.7. The van der Waals surface area contributed by atoms with Gasteiger partial charge < -0.3 is 15.7 Å². The topological polar surface area (TPSA) is 182 Å². The van der Waals surface area contributed by atoms with Gasteiger partial charge in [0.05, 0.1) is 22.3 Å². The number of rotatable bonds is 10. The van der Waals surface area contributed by atoms with E-state index in [1.54, 1.807) is 42.5 Å². The van der Waals surface area contributed by atoms with Gasteiger partial charge in [0.15, 0.2) is 0 Å². The van der Waals surface area contributed by atoms with Crippen molar-refractivity contribution in [2.45, 2.75) is 19.0 Å². The molecule has 184 valence electrons. The Balaban J connectivity index is 1.64. The van der Waals surface area contributed by atoms with Crippen LogP contribution in [0.2, 0.25) is 0 Å². The molecule has 2 amide bonds. The molecule has 3 aromatic rings. The van der Waals surface area contributed by atoms with E-state index in [1.165, 1.54) is 12.1 Å². The van der Waals surface area contributed by atoms with Gasteiger partial charge in [-0.15, -0.1) is 0 Å². The summed E-state index contributed by atoms with van der Waals surface area (Å²) in [7, 11) is 0. The summed E-state index contributed by atoms with van der Waals surface area (Å²) in [5, 5.41) is 36.4. The van der Waals surface area contributed by atoms with Gasteiger partial charge in [0.25, 0.3) is 11.8 Å². The fraction of sp³-hybridized carbons (Fsp3) is 0.125. The molecular weight excluding hydrogens is 472 g/mol. The molecule has 0 heterocycles. The first-order valence-corrected chi connectivity index (χ1v) is 10.5. The third kappa shape index (κ3) is 6.47. The number of nitro groups is 2. The van der Waals surface area contributed by atoms with Crippen LogP contribution in [-0.4, -0.2) is 32.7 Å². The van der Waals surface area contributed by atoms with Gasteiger partial charge in [0.1, 0.15) is 0 Å². The lowest BCUT2D eigenvalue weighted by molar-refractivity contribution is -0.422. The van der Waals surface area contributed by atoms with Crippen LogP contribution in [0.15, 0.2) is 72.8 Å². The van der Waals surface area contributed by atoms with Crippen LogP contribution in [-0.2, 0) is 11.3 Å². The van der Waals surface area contributed by atoms with Gasteiger partial charge in [-0.05, 0) is 29.3 Å². The van der Waals surface area contributed by atoms with Crippen molar-refractivity contribution in [2.75, 3.05) is 0 Å². The summed E-state index contributed by atoms with van der Waals surface area (Å²) in [6, 6.07) is 17.0. The maximum Gasteiger partial charge on any atom is 0.346 e. The molecule has 0 aromatic heterocycles. The Hall–Kier alpha value is -5.13. The number of nitro benzene ring substituents is 2. The predicted octanol–water partition coefficient (Wildman–Crippen LogP) is 3.38. The first-order chi connectivity index (χ1) is 17.2. The van der Waals surface area contributed by atoms with E-state index in [0.717, 1.165) is 18.2 Å². The standard InChI is InChI=1S/C24H20N4O8/c29-22(30)13-19(16-4-2-1-3-5-16)26-24(32)17-8-6-15(7-9-17)14-25-23(31)18-10-11-20(27(33)34)21(12-18)28(35)36/h1-12,19H,13-14H2,(H,25,31)(H,26,32)(H,29,30). The molecule has 12 heteroatoms. The molecule has 1 atom stereocenters. The molecule has 36 heavy (non-hydrogen) atoms. The Labute approximate surface area is 203 Å². The zero-order valence-corrected chi connectivity index (χ0v) is 18.6. The van der Waals surface area contributed by atoms with Crippen LogP contribution in [0.1, 0.15) is 44.3 Å². The quantitative estimate of drug-likeness (QED) is 0.284. The average molecular weight is 492 g/mol. The molecule has 0 aliphatic heterocycles. The number of carbonyl (C=O) groups is 3. The molecule has 0 spiro atoms. The van der Waals surface area contributed by atoms with E-state index in [-0.39, 0.29) is 24.1 Å². The van der Waals surface area contributed by atoms with Crippen molar-refractivity contribution >= 4 is 29.2 Å². The number of benzene rings is 3. The van der Waals surface area contributed by atoms with Crippen LogP contribution in [0.4, 0.5) is 11.4 Å². The van der Waals surface area contributed by atoms with Gasteiger partial charge in [-0.1, -0.05) is 42.5 Å². The first kappa shape index (κ1) is 25.5. The fourth-order valence-electron chi connectivity index (χ4n) is 3.38. The Bertz CT molecular complexity index is 1310. The molecule has 3 N–H and O–H groups in total. The summed E-state index contributed by atoms with van der Waals surface area (Å²) in [5.74, 6) is -2.21. The lowest BCUT2D eigenvalue weighted by Crippen LogP contribution is -2.30. The fourth-order valence-corrected chi connectivity index (χ4v) is 3.38. The highest BCUT2D eigenvalue weighted by molar-refractivity contribution is 5.96. The molecular formula is C24H20N4O8. The van der Waals surface area contributed by atoms with Crippen molar-refractivity contribution in [1.29, 1.82) is 0 Å². The molecule has 0 aliphatic carbocycles. The molecule has 0 fully saturated rings. The zero-order chi connectivity index (χ0) is 26.2. The van der Waals surface area contributed by atoms with Gasteiger partial charge in [0.2, 0.25) is 0 Å². The normalized spacial score (nSPS) is 11.2. The summed E-state index contributed by atoms with van der Waals surface area (Å²) < 4.78 is 0. The summed E-state index contributed by atoms with van der Waals surface area (Å²) in [4.78, 5) is 56.4. The Morgan fingerprint density at radius 3 is 2.00 bits per heavy atom. The van der Waals surface area contributed by atoms with E-state index in [4.69, 9.17) is 0 Å². The second kappa shape index (κ2) is 11.3. The van der Waals surface area contributed by atoms with Crippen LogP contribution in [0, 0.1) is 20.2 Å². The molecule has 3 aromatic carbocycles. The SMILES string of the molecule is O=C(O)CC(NC(=O)c1ccc(CNC(=O)c2ccc([N+](=O)[O-])c([N+](=O)[O-])c2)cc1)c1ccccc1. The highest BCUT2D eigenvalue weighted by Gasteiger charge is 2.25. The molecule has 3 rings (SSSR count). The first-order valence-electron chi connectivity index (χ1n) is 10.5. The van der Waals surface area contributed by atoms with Gasteiger partial charge in [-0.2, -0.15) is 0 Å². The van der Waals surface area contributed by atoms with E-state index in [9.17, 15) is 39.7 Å². The van der Waals surface area contributed by atoms with E-state index in [0.29, 0.717) is 11.1 Å². The number of nitrogens with zero attached hydrogens (tertiary/aromatic N) is 2. The van der Waals surface area contributed by atoms with Crippen LogP contribution in [0.3, 0.4) is 0 Å². The molecule has 0 saturated heterocycles. The molecule has 0 bridgehead atoms. The second-order valence-electron chi connectivity index (χ2n) is 7.63. The molecule has 0 saturated carbocycles. The van der Waals surface area contributed by atoms with E-state index in [1.807, 2.05) is 0 Å². The summed E-state index contributed by atoms with van der Waals surface area (Å²) in [5.41, 5.74) is -0.0837. The maximum atomic E-state index is 12.7. The van der Waals surface area contributed by atoms with E-state index >= 15 is 0 Å². The van der Waals surface area contributed by atoms with Gasteiger partial charge in [-0.3, -0.25) is 34.6 Å². The number of hydrogen-bond acceptors (Lipinski definition) is 7. The number of carboxylic acids is 1. The summed E-state index contributed by atoms with van der Waals surface area (Å²) >= 11 is 0. The van der Waals surface area contributed by atoms with Crippen molar-refractivity contribution in [3.63, 3.8) is 0 Å². The minimum atomic E-state index is -1.06. The number of amides is 2. The second-order valence-corrected chi connectivity index (χ2v) is 7.63. The largest absolute Gasteiger partial charge is 0.481 e. The zero-order valence-electron chi connectivity index (χ0n) is 18.6. The number of carbonyl (C=O) groups excluding carboxylic acids is 2. The minimum absolute atomic E-state index is 0.0250. The van der Waals surface area contributed by atoms with Crippen molar-refractivity contribution in [2.24, 2.45) is 0 Å². The summed E-state index contributed by atoms with van der Waals surface area (Å²) in [6.07, 6.45) is -0.291. The minimum Gasteiger partial charge on any atom is -0.481 e. The van der Waals surface area contributed by atoms with Crippen LogP contribution < -0.4 is 10.6 Å². The number of carboxylic acid groups (broad SMARTS) is 1. The van der Waals surface area contributed by atoms with E-state index < -0.39 is 45.0 Å². The molecule has 1 unspecified atom stereocenters. The van der Waals surface area contributed by atoms with Crippen molar-refractivity contribution in [3.8, 4) is 0 Å². The van der Waals surface area contributed by atoms with Crippen LogP contribution in [0.25, 0.3) is 0 Å². The summed E-state index contributed by atoms with van der Waals surface area (Å²) in [6.45, 7) is 0.0250. The van der Waals surface area contributed by atoms with Crippen LogP contribution >= 0.6 is 0 Å². The van der Waals surface area contributed by atoms with Crippen LogP contribution in [0.5, 0.6) is 0 Å². The lowest BCUT2D eigenvalue weighted by Gasteiger charge is -2.17. The third-order valence-electron chi connectivity index (χ3n) is 5.19. The average Bonchev–Trinajstić information content (AvgIpc) is 2.86. The monoisotopic (exact) mass is 492 g/mol. The van der Waals surface area contributed by atoms with Gasteiger partial charge in [-0.25, -0.2) is 0 Å². The highest BCUT2D eigenvalue weighted by atomic mass is 16.6. The van der Waals surface area contributed by atoms with Crippen molar-refractivity contribution in [1.82, 2.24) is 10.6 Å². The van der Waals surface area contributed by atoms with Gasteiger partial charge >= 0.3 is 17.3 Å². The van der Waals surface area contributed by atoms with E-state index in [2.05, 4.69) is 10.6 Å². The molecule has 0 aliphatic rings. The predicted molar refractivity (Wildman–Crippen MR) is 126 cm³/mol. The Kier molecular flexibility index (Phi) is 8.02. The Morgan fingerprint density at radius 1 is 0.806 bits per heavy atom. The molecule has 12 nitrogen and oxygen atoms in total. The van der Waals surface area contributed by atoms with Crippen molar-refractivity contribution < 1.29 is 29.3 Å². The highest BCUT2D eigenvalue weighted by Crippen LogP contribution is 2.27. The van der Waals surface area contributed by atoms with Crippen molar-refractivity contribution in [3.05, 3.63) is 115 Å². The smallest absolute Gasteiger partial charge is 0.346 e. The number of aliphatic carboxylic acids is 1. The third-order valence-corrected chi connectivity index (χ3v) is 5.19.